The number of hydrogen-bond donors (Lipinski definition) is 2. The first kappa shape index (κ1) is 12.9. The van der Waals surface area contributed by atoms with Gasteiger partial charge in [-0.1, -0.05) is 0 Å². The SMILES string of the molecule is O=C(O)CNC(=O)CCOC1CCOCC1. The van der Waals surface area contributed by atoms with E-state index in [9.17, 15) is 9.59 Å². The Labute approximate surface area is 93.9 Å². The Bertz CT molecular complexity index is 237. The van der Waals surface area contributed by atoms with Crippen molar-refractivity contribution in [3.05, 3.63) is 0 Å². The fraction of sp³-hybridized carbons (Fsp3) is 0.800. The quantitative estimate of drug-likeness (QED) is 0.659. The summed E-state index contributed by atoms with van der Waals surface area (Å²) in [5, 5.41) is 10.6. The van der Waals surface area contributed by atoms with Crippen LogP contribution in [0, 0.1) is 0 Å². The lowest BCUT2D eigenvalue weighted by molar-refractivity contribution is -0.138. The van der Waals surface area contributed by atoms with Crippen molar-refractivity contribution >= 4 is 11.9 Å². The lowest BCUT2D eigenvalue weighted by Gasteiger charge is -2.22. The monoisotopic (exact) mass is 231 g/mol. The van der Waals surface area contributed by atoms with Crippen molar-refractivity contribution in [3.8, 4) is 0 Å². The lowest BCUT2D eigenvalue weighted by Crippen LogP contribution is -2.31. The molecule has 0 aromatic heterocycles. The Kier molecular flexibility index (Phi) is 5.81. The molecule has 2 N–H and O–H groups in total. The zero-order chi connectivity index (χ0) is 11.8. The van der Waals surface area contributed by atoms with Crippen LogP contribution in [-0.4, -0.2) is 49.5 Å². The van der Waals surface area contributed by atoms with E-state index >= 15 is 0 Å². The maximum absolute atomic E-state index is 11.1. The van der Waals surface area contributed by atoms with E-state index in [-0.39, 0.29) is 25.0 Å². The number of carboxylic acid groups (broad SMARTS) is 1. The number of carbonyl (C=O) groups is 2. The van der Waals surface area contributed by atoms with E-state index in [4.69, 9.17) is 14.6 Å². The topological polar surface area (TPSA) is 84.9 Å². The highest BCUT2D eigenvalue weighted by molar-refractivity contribution is 5.81. The minimum atomic E-state index is -1.04. The Morgan fingerprint density at radius 2 is 2.06 bits per heavy atom. The molecule has 6 nitrogen and oxygen atoms in total. The Hall–Kier alpha value is -1.14. The van der Waals surface area contributed by atoms with Gasteiger partial charge >= 0.3 is 5.97 Å². The van der Waals surface area contributed by atoms with Gasteiger partial charge in [-0.3, -0.25) is 9.59 Å². The first-order valence-corrected chi connectivity index (χ1v) is 5.36. The van der Waals surface area contributed by atoms with Gasteiger partial charge in [-0.15, -0.1) is 0 Å². The van der Waals surface area contributed by atoms with Crippen LogP contribution in [-0.2, 0) is 19.1 Å². The predicted molar refractivity (Wildman–Crippen MR) is 55.1 cm³/mol. The summed E-state index contributed by atoms with van der Waals surface area (Å²) in [7, 11) is 0. The minimum absolute atomic E-state index is 0.168. The van der Waals surface area contributed by atoms with Crippen LogP contribution in [0.3, 0.4) is 0 Å². The third-order valence-electron chi connectivity index (χ3n) is 2.29. The molecule has 0 saturated carbocycles. The molecule has 92 valence electrons. The van der Waals surface area contributed by atoms with E-state index in [2.05, 4.69) is 5.32 Å². The summed E-state index contributed by atoms with van der Waals surface area (Å²) in [6.45, 7) is 1.40. The van der Waals surface area contributed by atoms with Crippen molar-refractivity contribution in [2.45, 2.75) is 25.4 Å². The van der Waals surface area contributed by atoms with Crippen molar-refractivity contribution in [1.82, 2.24) is 5.32 Å². The largest absolute Gasteiger partial charge is 0.480 e. The number of ether oxygens (including phenoxy) is 2. The molecule has 0 unspecified atom stereocenters. The average Bonchev–Trinajstić information content (AvgIpc) is 2.28. The van der Waals surface area contributed by atoms with Crippen molar-refractivity contribution < 1.29 is 24.2 Å². The van der Waals surface area contributed by atoms with Crippen molar-refractivity contribution in [2.24, 2.45) is 0 Å². The van der Waals surface area contributed by atoms with Gasteiger partial charge in [0.25, 0.3) is 0 Å². The van der Waals surface area contributed by atoms with Gasteiger partial charge in [0.05, 0.1) is 12.7 Å². The van der Waals surface area contributed by atoms with E-state index < -0.39 is 5.97 Å². The molecule has 0 bridgehead atoms. The standard InChI is InChI=1S/C10H17NO5/c12-9(11-7-10(13)14)3-6-16-8-1-4-15-5-2-8/h8H,1-7H2,(H,11,12)(H,13,14). The second-order valence-corrected chi connectivity index (χ2v) is 3.60. The molecule has 1 fully saturated rings. The van der Waals surface area contributed by atoms with Gasteiger partial charge in [-0.2, -0.15) is 0 Å². The molecule has 1 saturated heterocycles. The molecular weight excluding hydrogens is 214 g/mol. The van der Waals surface area contributed by atoms with E-state index in [0.29, 0.717) is 19.8 Å². The summed E-state index contributed by atoms with van der Waals surface area (Å²) < 4.78 is 10.6. The van der Waals surface area contributed by atoms with Gasteiger partial charge in [-0.25, -0.2) is 0 Å². The highest BCUT2D eigenvalue weighted by atomic mass is 16.5. The average molecular weight is 231 g/mol. The van der Waals surface area contributed by atoms with E-state index in [0.717, 1.165) is 12.8 Å². The molecule has 1 aliphatic heterocycles. The number of rotatable bonds is 6. The zero-order valence-electron chi connectivity index (χ0n) is 9.11. The molecule has 1 aliphatic rings. The van der Waals surface area contributed by atoms with E-state index in [1.807, 2.05) is 0 Å². The second-order valence-electron chi connectivity index (χ2n) is 3.60. The van der Waals surface area contributed by atoms with Gasteiger partial charge in [0.15, 0.2) is 0 Å². The summed E-state index contributed by atoms with van der Waals surface area (Å²) in [4.78, 5) is 21.3. The number of nitrogens with one attached hydrogen (secondary N) is 1. The normalized spacial score (nSPS) is 17.0. The summed E-state index contributed by atoms with van der Waals surface area (Å²) in [5.74, 6) is -1.34. The van der Waals surface area contributed by atoms with Gasteiger partial charge in [0, 0.05) is 19.6 Å². The van der Waals surface area contributed by atoms with Crippen LogP contribution >= 0.6 is 0 Å². The van der Waals surface area contributed by atoms with Gasteiger partial charge in [0.1, 0.15) is 6.54 Å². The maximum Gasteiger partial charge on any atom is 0.322 e. The molecule has 0 atom stereocenters. The van der Waals surface area contributed by atoms with E-state index in [1.54, 1.807) is 0 Å². The molecule has 6 heteroatoms. The summed E-state index contributed by atoms with van der Waals surface area (Å²) in [5.41, 5.74) is 0. The van der Waals surface area contributed by atoms with Crippen LogP contribution < -0.4 is 5.32 Å². The first-order chi connectivity index (χ1) is 7.68. The lowest BCUT2D eigenvalue weighted by atomic mass is 10.1. The summed E-state index contributed by atoms with van der Waals surface area (Å²) in [6.07, 6.45) is 2.08. The van der Waals surface area contributed by atoms with Gasteiger partial charge < -0.3 is 19.9 Å². The molecule has 0 aliphatic carbocycles. The molecular formula is C10H17NO5. The number of carbonyl (C=O) groups excluding carboxylic acids is 1. The Morgan fingerprint density at radius 1 is 1.38 bits per heavy atom. The van der Waals surface area contributed by atoms with E-state index in [1.165, 1.54) is 0 Å². The van der Waals surface area contributed by atoms with Crippen molar-refractivity contribution in [1.29, 1.82) is 0 Å². The molecule has 0 spiro atoms. The fourth-order valence-electron chi connectivity index (χ4n) is 1.42. The summed E-state index contributed by atoms with van der Waals surface area (Å²) >= 11 is 0. The van der Waals surface area contributed by atoms with Crippen LogP contribution in [0.5, 0.6) is 0 Å². The highest BCUT2D eigenvalue weighted by Gasteiger charge is 2.14. The minimum Gasteiger partial charge on any atom is -0.480 e. The molecule has 0 aromatic rings. The first-order valence-electron chi connectivity index (χ1n) is 5.36. The number of hydrogen-bond acceptors (Lipinski definition) is 4. The predicted octanol–water partition coefficient (Wildman–Crippen LogP) is -0.227. The smallest absolute Gasteiger partial charge is 0.322 e. The Morgan fingerprint density at radius 3 is 2.69 bits per heavy atom. The maximum atomic E-state index is 11.1. The molecule has 1 rings (SSSR count). The van der Waals surface area contributed by atoms with Crippen LogP contribution in [0.2, 0.25) is 0 Å². The van der Waals surface area contributed by atoms with Gasteiger partial charge in [-0.05, 0) is 12.8 Å². The number of carboxylic acids is 1. The zero-order valence-corrected chi connectivity index (χ0v) is 9.11. The molecule has 16 heavy (non-hydrogen) atoms. The third-order valence-corrected chi connectivity index (χ3v) is 2.29. The molecule has 1 amide bonds. The molecule has 0 aromatic carbocycles. The molecule has 1 heterocycles. The summed E-state index contributed by atoms with van der Waals surface area (Å²) in [6, 6.07) is 0. The van der Waals surface area contributed by atoms with Crippen LogP contribution in [0.1, 0.15) is 19.3 Å². The number of amides is 1. The third kappa shape index (κ3) is 5.67. The molecule has 0 radical (unpaired) electrons. The fourth-order valence-corrected chi connectivity index (χ4v) is 1.42. The van der Waals surface area contributed by atoms with Crippen molar-refractivity contribution in [3.63, 3.8) is 0 Å². The highest BCUT2D eigenvalue weighted by Crippen LogP contribution is 2.10. The van der Waals surface area contributed by atoms with Gasteiger partial charge in [0.2, 0.25) is 5.91 Å². The van der Waals surface area contributed by atoms with Crippen LogP contribution in [0.4, 0.5) is 0 Å². The van der Waals surface area contributed by atoms with Crippen LogP contribution in [0.25, 0.3) is 0 Å². The van der Waals surface area contributed by atoms with Crippen LogP contribution in [0.15, 0.2) is 0 Å². The Balaban J connectivity index is 2.01. The number of aliphatic carboxylic acids is 1. The second kappa shape index (κ2) is 7.19. The van der Waals surface area contributed by atoms with Crippen molar-refractivity contribution in [2.75, 3.05) is 26.4 Å².